The molecule has 0 spiro atoms. The molecule has 0 aliphatic carbocycles. The van der Waals surface area contributed by atoms with E-state index in [1.165, 1.54) is 11.1 Å². The Labute approximate surface area is 182 Å². The largest absolute Gasteiger partial charge is 0.497 e. The van der Waals surface area contributed by atoms with Crippen molar-refractivity contribution in [3.8, 4) is 5.75 Å². The van der Waals surface area contributed by atoms with Crippen LogP contribution in [-0.4, -0.2) is 43.7 Å². The lowest BCUT2D eigenvalue weighted by Crippen LogP contribution is -2.49. The lowest BCUT2D eigenvalue weighted by atomic mass is 9.94. The van der Waals surface area contributed by atoms with Crippen molar-refractivity contribution in [3.63, 3.8) is 0 Å². The maximum atomic E-state index is 12.9. The van der Waals surface area contributed by atoms with E-state index in [1.54, 1.807) is 14.0 Å². The molecular weight excluding hydrogens is 394 g/mol. The maximum Gasteiger partial charge on any atom is 0.338 e. The lowest BCUT2D eigenvalue weighted by Gasteiger charge is -2.34. The number of rotatable bonds is 6. The van der Waals surface area contributed by atoms with Crippen LogP contribution in [0.1, 0.15) is 29.7 Å². The Kier molecular flexibility index (Phi) is 6.23. The van der Waals surface area contributed by atoms with Gasteiger partial charge in [0.15, 0.2) is 0 Å². The highest BCUT2D eigenvalue weighted by Crippen LogP contribution is 2.30. The molecule has 31 heavy (non-hydrogen) atoms. The zero-order valence-corrected chi connectivity index (χ0v) is 17.8. The molecule has 2 aromatic rings. The molecular formula is C24H27N3O4. The number of amides is 2. The number of esters is 1. The molecule has 2 aliphatic heterocycles. The number of urea groups is 1. The van der Waals surface area contributed by atoms with Crippen LogP contribution < -0.4 is 15.4 Å². The van der Waals surface area contributed by atoms with E-state index in [0.29, 0.717) is 23.6 Å². The minimum atomic E-state index is -0.592. The summed E-state index contributed by atoms with van der Waals surface area (Å²) in [6.07, 6.45) is 0.937. The number of hydrogen-bond acceptors (Lipinski definition) is 5. The Balaban J connectivity index is 1.66. The van der Waals surface area contributed by atoms with E-state index in [9.17, 15) is 9.59 Å². The number of benzene rings is 2. The SMILES string of the molecule is CCOC(=O)C1=C(CN2CCc3ccccc3C2)NC(=O)N[C@H]1c1ccc(OC)cc1. The molecule has 7 heteroatoms. The van der Waals surface area contributed by atoms with Gasteiger partial charge in [-0.05, 0) is 42.2 Å². The Morgan fingerprint density at radius 1 is 1.13 bits per heavy atom. The second-order valence-corrected chi connectivity index (χ2v) is 7.65. The van der Waals surface area contributed by atoms with E-state index in [4.69, 9.17) is 9.47 Å². The topological polar surface area (TPSA) is 79.9 Å². The van der Waals surface area contributed by atoms with Crippen LogP contribution in [0.2, 0.25) is 0 Å². The van der Waals surface area contributed by atoms with Crippen LogP contribution in [0.3, 0.4) is 0 Å². The lowest BCUT2D eigenvalue weighted by molar-refractivity contribution is -0.139. The van der Waals surface area contributed by atoms with Crippen LogP contribution in [0.15, 0.2) is 59.8 Å². The first-order valence-electron chi connectivity index (χ1n) is 10.5. The predicted molar refractivity (Wildman–Crippen MR) is 116 cm³/mol. The average molecular weight is 421 g/mol. The van der Waals surface area contributed by atoms with Gasteiger partial charge in [0.25, 0.3) is 0 Å². The molecule has 2 heterocycles. The summed E-state index contributed by atoms with van der Waals surface area (Å²) < 4.78 is 10.6. The number of ether oxygens (including phenoxy) is 2. The molecule has 0 unspecified atom stereocenters. The predicted octanol–water partition coefficient (Wildman–Crippen LogP) is 2.92. The third kappa shape index (κ3) is 4.56. The van der Waals surface area contributed by atoms with Gasteiger partial charge in [0.2, 0.25) is 0 Å². The molecule has 7 nitrogen and oxygen atoms in total. The number of nitrogens with one attached hydrogen (secondary N) is 2. The van der Waals surface area contributed by atoms with E-state index in [0.717, 1.165) is 25.1 Å². The smallest absolute Gasteiger partial charge is 0.338 e. The molecule has 162 valence electrons. The van der Waals surface area contributed by atoms with Crippen LogP contribution in [0.5, 0.6) is 5.75 Å². The summed E-state index contributed by atoms with van der Waals surface area (Å²) in [5, 5.41) is 5.74. The monoisotopic (exact) mass is 421 g/mol. The Hall–Kier alpha value is -3.32. The van der Waals surface area contributed by atoms with Crippen molar-refractivity contribution >= 4 is 12.0 Å². The highest BCUT2D eigenvalue weighted by Gasteiger charge is 2.34. The molecule has 0 bridgehead atoms. The van der Waals surface area contributed by atoms with Gasteiger partial charge in [-0.2, -0.15) is 0 Å². The number of fused-ring (bicyclic) bond motifs is 1. The summed E-state index contributed by atoms with van der Waals surface area (Å²) in [4.78, 5) is 27.7. The Morgan fingerprint density at radius 3 is 2.58 bits per heavy atom. The van der Waals surface area contributed by atoms with Crippen molar-refractivity contribution in [1.29, 1.82) is 0 Å². The van der Waals surface area contributed by atoms with E-state index < -0.39 is 12.0 Å². The fraction of sp³-hybridized carbons (Fsp3) is 0.333. The summed E-state index contributed by atoms with van der Waals surface area (Å²) in [6, 6.07) is 14.8. The molecule has 1 atom stereocenters. The van der Waals surface area contributed by atoms with Gasteiger partial charge in [-0.1, -0.05) is 36.4 Å². The van der Waals surface area contributed by atoms with E-state index in [1.807, 2.05) is 30.3 Å². The molecule has 2 amide bonds. The van der Waals surface area contributed by atoms with Crippen LogP contribution in [0, 0.1) is 0 Å². The molecule has 0 saturated carbocycles. The third-order valence-electron chi connectivity index (χ3n) is 5.69. The van der Waals surface area contributed by atoms with Gasteiger partial charge in [-0.3, -0.25) is 4.90 Å². The second kappa shape index (κ2) is 9.22. The van der Waals surface area contributed by atoms with Crippen molar-refractivity contribution in [2.45, 2.75) is 25.9 Å². The first-order chi connectivity index (χ1) is 15.1. The maximum absolute atomic E-state index is 12.9. The van der Waals surface area contributed by atoms with Crippen molar-refractivity contribution in [1.82, 2.24) is 15.5 Å². The van der Waals surface area contributed by atoms with Gasteiger partial charge in [0.05, 0.1) is 25.3 Å². The van der Waals surface area contributed by atoms with Gasteiger partial charge in [-0.25, -0.2) is 9.59 Å². The molecule has 0 saturated heterocycles. The normalized spacial score (nSPS) is 18.6. The zero-order chi connectivity index (χ0) is 21.8. The number of methoxy groups -OCH3 is 1. The average Bonchev–Trinajstić information content (AvgIpc) is 2.79. The van der Waals surface area contributed by atoms with Crippen LogP contribution in [0.4, 0.5) is 4.79 Å². The van der Waals surface area contributed by atoms with Crippen molar-refractivity contribution in [3.05, 3.63) is 76.5 Å². The summed E-state index contributed by atoms with van der Waals surface area (Å²) >= 11 is 0. The van der Waals surface area contributed by atoms with Crippen LogP contribution >= 0.6 is 0 Å². The van der Waals surface area contributed by atoms with Gasteiger partial charge in [0, 0.05) is 25.3 Å². The standard InChI is InChI=1S/C24H27N3O4/c1-3-31-23(28)21-20(15-27-13-12-16-6-4-5-7-18(16)14-27)25-24(29)26-22(21)17-8-10-19(30-2)11-9-17/h4-11,22H,3,12-15H2,1-2H3,(H2,25,26,29)/t22-/m0/s1. The molecule has 0 aromatic heterocycles. The summed E-state index contributed by atoms with van der Waals surface area (Å²) in [5.41, 5.74) is 4.44. The molecule has 2 aromatic carbocycles. The molecule has 0 radical (unpaired) electrons. The number of carbonyl (C=O) groups excluding carboxylic acids is 2. The summed E-state index contributed by atoms with van der Waals surface area (Å²) in [7, 11) is 1.60. The minimum absolute atomic E-state index is 0.260. The minimum Gasteiger partial charge on any atom is -0.497 e. The van der Waals surface area contributed by atoms with Crippen LogP contribution in [0.25, 0.3) is 0 Å². The highest BCUT2D eigenvalue weighted by molar-refractivity contribution is 5.95. The zero-order valence-electron chi connectivity index (χ0n) is 17.8. The van der Waals surface area contributed by atoms with Crippen molar-refractivity contribution < 1.29 is 19.1 Å². The van der Waals surface area contributed by atoms with E-state index >= 15 is 0 Å². The van der Waals surface area contributed by atoms with E-state index in [-0.39, 0.29) is 12.6 Å². The Bertz CT molecular complexity index is 1000. The molecule has 2 aliphatic rings. The fourth-order valence-corrected chi connectivity index (χ4v) is 4.15. The highest BCUT2D eigenvalue weighted by atomic mass is 16.5. The van der Waals surface area contributed by atoms with Crippen molar-refractivity contribution in [2.75, 3.05) is 26.8 Å². The molecule has 2 N–H and O–H groups in total. The number of hydrogen-bond donors (Lipinski definition) is 2. The number of carbonyl (C=O) groups is 2. The number of nitrogens with zero attached hydrogens (tertiary/aromatic N) is 1. The van der Waals surface area contributed by atoms with Gasteiger partial charge in [0.1, 0.15) is 5.75 Å². The quantitative estimate of drug-likeness (QED) is 0.701. The second-order valence-electron chi connectivity index (χ2n) is 7.65. The van der Waals surface area contributed by atoms with Gasteiger partial charge >= 0.3 is 12.0 Å². The van der Waals surface area contributed by atoms with Crippen molar-refractivity contribution in [2.24, 2.45) is 0 Å². The Morgan fingerprint density at radius 2 is 1.87 bits per heavy atom. The summed E-state index contributed by atoms with van der Waals surface area (Å²) in [6.45, 7) is 4.12. The molecule has 4 rings (SSSR count). The third-order valence-corrected chi connectivity index (χ3v) is 5.69. The van der Waals surface area contributed by atoms with Gasteiger partial charge < -0.3 is 20.1 Å². The first-order valence-corrected chi connectivity index (χ1v) is 10.5. The first kappa shape index (κ1) is 20.9. The van der Waals surface area contributed by atoms with E-state index in [2.05, 4.69) is 33.7 Å². The fourth-order valence-electron chi connectivity index (χ4n) is 4.15. The molecule has 0 fully saturated rings. The van der Waals surface area contributed by atoms with Gasteiger partial charge in [-0.15, -0.1) is 0 Å². The summed E-state index contributed by atoms with van der Waals surface area (Å²) in [5.74, 6) is 0.279. The van der Waals surface area contributed by atoms with Crippen LogP contribution in [-0.2, 0) is 22.5 Å².